The summed E-state index contributed by atoms with van der Waals surface area (Å²) in [5.74, 6) is 1.27. The molecule has 1 atom stereocenters. The number of hydrogen-bond donors (Lipinski definition) is 1. The van der Waals surface area contributed by atoms with Crippen molar-refractivity contribution in [3.63, 3.8) is 0 Å². The molecule has 108 valence electrons. The summed E-state index contributed by atoms with van der Waals surface area (Å²) in [5, 5.41) is 0. The van der Waals surface area contributed by atoms with Crippen molar-refractivity contribution in [1.29, 1.82) is 0 Å². The van der Waals surface area contributed by atoms with Gasteiger partial charge in [-0.25, -0.2) is 4.98 Å². The number of hydrogen-bond acceptors (Lipinski definition) is 2. The van der Waals surface area contributed by atoms with Crippen LogP contribution < -0.4 is 5.73 Å². The number of nitrogens with two attached hydrogens (primary N) is 1. The van der Waals surface area contributed by atoms with Crippen molar-refractivity contribution in [3.05, 3.63) is 30.1 Å². The molecule has 1 aliphatic carbocycles. The molecule has 0 bridgehead atoms. The van der Waals surface area contributed by atoms with E-state index in [2.05, 4.69) is 41.6 Å². The lowest BCUT2D eigenvalue weighted by Crippen LogP contribution is -2.19. The van der Waals surface area contributed by atoms with E-state index in [1.54, 1.807) is 0 Å². The molecule has 3 heteroatoms. The summed E-state index contributed by atoms with van der Waals surface area (Å²) < 4.78 is 2.23. The minimum Gasteiger partial charge on any atom is -0.330 e. The first-order chi connectivity index (χ1) is 9.70. The Morgan fingerprint density at radius 1 is 1.30 bits per heavy atom. The quantitative estimate of drug-likeness (QED) is 0.918. The Morgan fingerprint density at radius 3 is 2.70 bits per heavy atom. The molecule has 1 aromatic carbocycles. The average molecular weight is 271 g/mol. The molecule has 0 aliphatic heterocycles. The molecule has 0 amide bonds. The van der Waals surface area contributed by atoms with Crippen LogP contribution in [0.15, 0.2) is 24.5 Å². The summed E-state index contributed by atoms with van der Waals surface area (Å²) in [6, 6.07) is 7.18. The second-order valence-corrected chi connectivity index (χ2v) is 6.38. The van der Waals surface area contributed by atoms with E-state index in [1.165, 1.54) is 36.8 Å². The molecule has 1 unspecified atom stereocenters. The first-order valence-electron chi connectivity index (χ1n) is 7.87. The number of benzene rings is 1. The van der Waals surface area contributed by atoms with Gasteiger partial charge in [0, 0.05) is 6.04 Å². The maximum absolute atomic E-state index is 6.06. The van der Waals surface area contributed by atoms with Gasteiger partial charge in [-0.15, -0.1) is 0 Å². The molecular formula is C17H25N3. The van der Waals surface area contributed by atoms with Crippen LogP contribution in [0.5, 0.6) is 0 Å². The lowest BCUT2D eigenvalue weighted by molar-refractivity contribution is 0.440. The van der Waals surface area contributed by atoms with Gasteiger partial charge in [0.05, 0.1) is 17.4 Å². The number of imidazole rings is 1. The van der Waals surface area contributed by atoms with Crippen LogP contribution in [0.4, 0.5) is 0 Å². The Bertz CT molecular complexity index is 579. The topological polar surface area (TPSA) is 43.8 Å². The number of rotatable bonds is 4. The summed E-state index contributed by atoms with van der Waals surface area (Å²) in [4.78, 5) is 4.57. The maximum Gasteiger partial charge on any atom is 0.0960 e. The van der Waals surface area contributed by atoms with Crippen LogP contribution in [0.3, 0.4) is 0 Å². The van der Waals surface area contributed by atoms with E-state index < -0.39 is 0 Å². The minimum absolute atomic E-state index is 0.450. The standard InChI is InChI=1S/C17H25N3/c1-12(2)20-11-19-16-9-14(7-8-17(16)20)15(10-18)13-5-3-4-6-13/h7-9,11-13,15H,3-6,10,18H2,1-2H3. The molecular weight excluding hydrogens is 246 g/mol. The van der Waals surface area contributed by atoms with E-state index in [0.717, 1.165) is 18.0 Å². The van der Waals surface area contributed by atoms with Crippen LogP contribution >= 0.6 is 0 Å². The van der Waals surface area contributed by atoms with Gasteiger partial charge in [0.25, 0.3) is 0 Å². The number of aromatic nitrogens is 2. The maximum atomic E-state index is 6.06. The molecule has 2 aromatic rings. The van der Waals surface area contributed by atoms with Crippen molar-refractivity contribution >= 4 is 11.0 Å². The molecule has 20 heavy (non-hydrogen) atoms. The second kappa shape index (κ2) is 5.57. The van der Waals surface area contributed by atoms with Crippen LogP contribution in [-0.2, 0) is 0 Å². The fourth-order valence-electron chi connectivity index (χ4n) is 3.65. The van der Waals surface area contributed by atoms with Crippen molar-refractivity contribution < 1.29 is 0 Å². The average Bonchev–Trinajstić information content (AvgIpc) is 3.07. The van der Waals surface area contributed by atoms with Gasteiger partial charge in [-0.1, -0.05) is 18.9 Å². The van der Waals surface area contributed by atoms with Crippen LogP contribution in [0, 0.1) is 5.92 Å². The van der Waals surface area contributed by atoms with Crippen molar-refractivity contribution in [2.75, 3.05) is 6.54 Å². The molecule has 1 heterocycles. The van der Waals surface area contributed by atoms with Gasteiger partial charge < -0.3 is 10.3 Å². The lowest BCUT2D eigenvalue weighted by Gasteiger charge is -2.22. The highest BCUT2D eigenvalue weighted by Gasteiger charge is 2.25. The zero-order valence-corrected chi connectivity index (χ0v) is 12.5. The predicted molar refractivity (Wildman–Crippen MR) is 83.9 cm³/mol. The first kappa shape index (κ1) is 13.6. The summed E-state index contributed by atoms with van der Waals surface area (Å²) in [6.45, 7) is 5.13. The van der Waals surface area contributed by atoms with Crippen LogP contribution in [0.1, 0.15) is 57.1 Å². The smallest absolute Gasteiger partial charge is 0.0960 e. The molecule has 0 spiro atoms. The van der Waals surface area contributed by atoms with E-state index in [0.29, 0.717) is 12.0 Å². The molecule has 0 radical (unpaired) electrons. The highest BCUT2D eigenvalue weighted by molar-refractivity contribution is 5.76. The Balaban J connectivity index is 1.95. The third-order valence-electron chi connectivity index (χ3n) is 4.81. The summed E-state index contributed by atoms with van der Waals surface area (Å²) >= 11 is 0. The highest BCUT2D eigenvalue weighted by atomic mass is 15.1. The molecule has 3 nitrogen and oxygen atoms in total. The zero-order valence-electron chi connectivity index (χ0n) is 12.5. The summed E-state index contributed by atoms with van der Waals surface area (Å²) in [6.07, 6.45) is 7.35. The first-order valence-corrected chi connectivity index (χ1v) is 7.87. The molecule has 3 rings (SSSR count). The van der Waals surface area contributed by atoms with Gasteiger partial charge in [0.15, 0.2) is 0 Å². The van der Waals surface area contributed by atoms with Gasteiger partial charge >= 0.3 is 0 Å². The third kappa shape index (κ3) is 2.35. The van der Waals surface area contributed by atoms with Crippen LogP contribution in [0.25, 0.3) is 11.0 Å². The predicted octanol–water partition coefficient (Wildman–Crippen LogP) is 3.85. The van der Waals surface area contributed by atoms with Crippen molar-refractivity contribution in [1.82, 2.24) is 9.55 Å². The highest BCUT2D eigenvalue weighted by Crippen LogP contribution is 2.37. The Hall–Kier alpha value is -1.35. The van der Waals surface area contributed by atoms with E-state index in [-0.39, 0.29) is 0 Å². The van der Waals surface area contributed by atoms with E-state index in [9.17, 15) is 0 Å². The SMILES string of the molecule is CC(C)n1cnc2cc(C(CN)C3CCCC3)ccc21. The molecule has 1 aromatic heterocycles. The molecule has 1 aliphatic rings. The van der Waals surface area contributed by atoms with Crippen molar-refractivity contribution in [2.45, 2.75) is 51.5 Å². The van der Waals surface area contributed by atoms with Crippen molar-refractivity contribution in [2.24, 2.45) is 11.7 Å². The van der Waals surface area contributed by atoms with Gasteiger partial charge in [-0.05, 0) is 62.8 Å². The molecule has 1 fully saturated rings. The van der Waals surface area contributed by atoms with Crippen molar-refractivity contribution in [3.8, 4) is 0 Å². The molecule has 1 saturated carbocycles. The van der Waals surface area contributed by atoms with Crippen LogP contribution in [0.2, 0.25) is 0 Å². The second-order valence-electron chi connectivity index (χ2n) is 6.38. The van der Waals surface area contributed by atoms with E-state index in [4.69, 9.17) is 5.73 Å². The fourth-order valence-corrected chi connectivity index (χ4v) is 3.65. The van der Waals surface area contributed by atoms with Gasteiger partial charge in [-0.2, -0.15) is 0 Å². The Labute approximate surface area is 121 Å². The largest absolute Gasteiger partial charge is 0.330 e. The Kier molecular flexibility index (Phi) is 3.79. The summed E-state index contributed by atoms with van der Waals surface area (Å²) in [5.41, 5.74) is 9.76. The fraction of sp³-hybridized carbons (Fsp3) is 0.588. The Morgan fingerprint density at radius 2 is 2.05 bits per heavy atom. The number of fused-ring (bicyclic) bond motifs is 1. The lowest BCUT2D eigenvalue weighted by atomic mass is 9.85. The summed E-state index contributed by atoms with van der Waals surface area (Å²) in [7, 11) is 0. The monoisotopic (exact) mass is 271 g/mol. The van der Waals surface area contributed by atoms with E-state index >= 15 is 0 Å². The van der Waals surface area contributed by atoms with Gasteiger partial charge in [0.2, 0.25) is 0 Å². The number of nitrogens with zero attached hydrogens (tertiary/aromatic N) is 2. The molecule has 2 N–H and O–H groups in total. The zero-order chi connectivity index (χ0) is 14.1. The molecule has 0 saturated heterocycles. The third-order valence-corrected chi connectivity index (χ3v) is 4.81. The minimum atomic E-state index is 0.450. The van der Waals surface area contributed by atoms with Crippen LogP contribution in [-0.4, -0.2) is 16.1 Å². The van der Waals surface area contributed by atoms with E-state index in [1.807, 2.05) is 6.33 Å². The normalized spacial score (nSPS) is 18.2. The van der Waals surface area contributed by atoms with Gasteiger partial charge in [-0.3, -0.25) is 0 Å². The van der Waals surface area contributed by atoms with Gasteiger partial charge in [0.1, 0.15) is 0 Å².